The molecule has 2 aromatic rings. The number of rotatable bonds is 3. The highest BCUT2D eigenvalue weighted by Gasteiger charge is 2.18. The second kappa shape index (κ2) is 5.87. The zero-order chi connectivity index (χ0) is 15.8. The van der Waals surface area contributed by atoms with Crippen LogP contribution in [0.15, 0.2) is 39.7 Å². The summed E-state index contributed by atoms with van der Waals surface area (Å²) < 4.78 is 28.0. The molecule has 0 amide bonds. The molecule has 0 bridgehead atoms. The van der Waals surface area contributed by atoms with E-state index in [1.165, 1.54) is 12.1 Å². The molecule has 0 spiro atoms. The smallest absolute Gasteiger partial charge is 0.262 e. The van der Waals surface area contributed by atoms with E-state index in [9.17, 15) is 8.42 Å². The average Bonchev–Trinajstić information content (AvgIpc) is 2.38. The van der Waals surface area contributed by atoms with E-state index in [0.717, 1.165) is 5.56 Å². The number of nitrogen functional groups attached to an aromatic ring is 1. The maximum absolute atomic E-state index is 12.4. The monoisotopic (exact) mass is 388 g/mol. The third-order valence-electron chi connectivity index (χ3n) is 3.04. The molecule has 2 rings (SSSR count). The molecule has 0 heterocycles. The lowest BCUT2D eigenvalue weighted by Crippen LogP contribution is -2.14. The van der Waals surface area contributed by atoms with E-state index >= 15 is 0 Å². The summed E-state index contributed by atoms with van der Waals surface area (Å²) >= 11 is 9.33. The first-order valence-corrected chi connectivity index (χ1v) is 8.71. The van der Waals surface area contributed by atoms with Gasteiger partial charge in [0.15, 0.2) is 0 Å². The van der Waals surface area contributed by atoms with E-state index in [0.29, 0.717) is 26.4 Å². The van der Waals surface area contributed by atoms with Crippen molar-refractivity contribution >= 4 is 48.9 Å². The number of nitrogens with two attached hydrogens (primary N) is 1. The lowest BCUT2D eigenvalue weighted by Gasteiger charge is -2.12. The van der Waals surface area contributed by atoms with E-state index in [1.54, 1.807) is 13.0 Å². The Morgan fingerprint density at radius 1 is 1.19 bits per heavy atom. The standard InChI is InChI=1S/C14H14BrClN2O2S/c1-8-3-4-14(11(15)5-8)18-21(19,20)10-6-12(16)9(2)13(17)7-10/h3-7,18H,17H2,1-2H3. The highest BCUT2D eigenvalue weighted by atomic mass is 79.9. The van der Waals surface area contributed by atoms with Crippen molar-refractivity contribution in [2.75, 3.05) is 10.5 Å². The van der Waals surface area contributed by atoms with Gasteiger partial charge in [-0.3, -0.25) is 4.72 Å². The van der Waals surface area contributed by atoms with E-state index in [1.807, 2.05) is 19.1 Å². The second-order valence-corrected chi connectivity index (χ2v) is 7.65. The summed E-state index contributed by atoms with van der Waals surface area (Å²) in [5.74, 6) is 0. The summed E-state index contributed by atoms with van der Waals surface area (Å²) in [6.07, 6.45) is 0. The number of halogens is 2. The Morgan fingerprint density at radius 3 is 2.43 bits per heavy atom. The van der Waals surface area contributed by atoms with Gasteiger partial charge >= 0.3 is 0 Å². The normalized spacial score (nSPS) is 11.4. The van der Waals surface area contributed by atoms with Gasteiger partial charge in [0.2, 0.25) is 0 Å². The van der Waals surface area contributed by atoms with Crippen LogP contribution in [0.25, 0.3) is 0 Å². The van der Waals surface area contributed by atoms with Crippen molar-refractivity contribution in [1.82, 2.24) is 0 Å². The maximum Gasteiger partial charge on any atom is 0.262 e. The first-order valence-electron chi connectivity index (χ1n) is 6.05. The summed E-state index contributed by atoms with van der Waals surface area (Å²) in [4.78, 5) is 0.0306. The predicted molar refractivity (Wildman–Crippen MR) is 90.3 cm³/mol. The van der Waals surface area contributed by atoms with Crippen molar-refractivity contribution in [1.29, 1.82) is 0 Å². The van der Waals surface area contributed by atoms with Crippen molar-refractivity contribution in [2.24, 2.45) is 0 Å². The molecule has 0 aliphatic rings. The summed E-state index contributed by atoms with van der Waals surface area (Å²) in [5.41, 5.74) is 8.25. The number of hydrogen-bond donors (Lipinski definition) is 2. The topological polar surface area (TPSA) is 72.2 Å². The molecule has 7 heteroatoms. The van der Waals surface area contributed by atoms with Gasteiger partial charge in [0.1, 0.15) is 0 Å². The first-order chi connectivity index (χ1) is 9.70. The number of sulfonamides is 1. The first kappa shape index (κ1) is 16.1. The van der Waals surface area contributed by atoms with Crippen LogP contribution < -0.4 is 10.5 Å². The van der Waals surface area contributed by atoms with Crippen LogP contribution in [0.5, 0.6) is 0 Å². The molecule has 0 aliphatic heterocycles. The zero-order valence-electron chi connectivity index (χ0n) is 11.4. The number of benzene rings is 2. The van der Waals surface area contributed by atoms with Gasteiger partial charge in [-0.25, -0.2) is 8.42 Å². The van der Waals surface area contributed by atoms with Crippen molar-refractivity contribution in [3.8, 4) is 0 Å². The lowest BCUT2D eigenvalue weighted by atomic mass is 10.2. The van der Waals surface area contributed by atoms with Crippen LogP contribution in [0, 0.1) is 13.8 Å². The highest BCUT2D eigenvalue weighted by Crippen LogP contribution is 2.29. The molecule has 0 radical (unpaired) electrons. The molecule has 2 aromatic carbocycles. The SMILES string of the molecule is Cc1ccc(NS(=O)(=O)c2cc(N)c(C)c(Cl)c2)c(Br)c1. The fourth-order valence-electron chi connectivity index (χ4n) is 1.74. The summed E-state index contributed by atoms with van der Waals surface area (Å²) in [6.45, 7) is 3.65. The van der Waals surface area contributed by atoms with Crippen LogP contribution in [0.3, 0.4) is 0 Å². The molecule has 0 saturated carbocycles. The molecule has 0 unspecified atom stereocenters. The Morgan fingerprint density at radius 2 is 1.86 bits per heavy atom. The van der Waals surface area contributed by atoms with Crippen LogP contribution in [-0.4, -0.2) is 8.42 Å². The number of nitrogens with one attached hydrogen (secondary N) is 1. The average molecular weight is 390 g/mol. The molecule has 112 valence electrons. The van der Waals surface area contributed by atoms with Gasteiger partial charge < -0.3 is 5.73 Å². The van der Waals surface area contributed by atoms with E-state index < -0.39 is 10.0 Å². The predicted octanol–water partition coefficient (Wildman–Crippen LogP) is 4.10. The van der Waals surface area contributed by atoms with Gasteiger partial charge in [0.05, 0.1) is 10.6 Å². The Kier molecular flexibility index (Phi) is 4.51. The van der Waals surface area contributed by atoms with Crippen LogP contribution in [-0.2, 0) is 10.0 Å². The molecule has 3 N–H and O–H groups in total. The summed E-state index contributed by atoms with van der Waals surface area (Å²) in [7, 11) is -3.75. The van der Waals surface area contributed by atoms with E-state index in [2.05, 4.69) is 20.7 Å². The fraction of sp³-hybridized carbons (Fsp3) is 0.143. The van der Waals surface area contributed by atoms with Crippen molar-refractivity contribution in [2.45, 2.75) is 18.7 Å². The highest BCUT2D eigenvalue weighted by molar-refractivity contribution is 9.10. The molecular weight excluding hydrogens is 376 g/mol. The molecule has 0 aliphatic carbocycles. The van der Waals surface area contributed by atoms with E-state index in [4.69, 9.17) is 17.3 Å². The molecule has 4 nitrogen and oxygen atoms in total. The minimum Gasteiger partial charge on any atom is -0.398 e. The van der Waals surface area contributed by atoms with Crippen LogP contribution in [0.1, 0.15) is 11.1 Å². The lowest BCUT2D eigenvalue weighted by molar-refractivity contribution is 0.601. The summed E-state index contributed by atoms with van der Waals surface area (Å²) in [5, 5.41) is 0.318. The van der Waals surface area contributed by atoms with Crippen molar-refractivity contribution in [3.05, 3.63) is 51.0 Å². The van der Waals surface area contributed by atoms with Crippen molar-refractivity contribution < 1.29 is 8.42 Å². The van der Waals surface area contributed by atoms with Gasteiger partial charge in [-0.1, -0.05) is 17.7 Å². The summed E-state index contributed by atoms with van der Waals surface area (Å²) in [6, 6.07) is 8.12. The second-order valence-electron chi connectivity index (χ2n) is 4.71. The number of anilines is 2. The van der Waals surface area contributed by atoms with Crippen LogP contribution in [0.4, 0.5) is 11.4 Å². The molecule has 0 saturated heterocycles. The van der Waals surface area contributed by atoms with Crippen LogP contribution in [0.2, 0.25) is 5.02 Å². The minimum absolute atomic E-state index is 0.0306. The molecule has 21 heavy (non-hydrogen) atoms. The number of hydrogen-bond acceptors (Lipinski definition) is 3. The Hall–Kier alpha value is -1.24. The Bertz CT molecular complexity index is 784. The number of aryl methyl sites for hydroxylation is 1. The largest absolute Gasteiger partial charge is 0.398 e. The molecule has 0 aromatic heterocycles. The molecular formula is C14H14BrClN2O2S. The van der Waals surface area contributed by atoms with Crippen LogP contribution >= 0.6 is 27.5 Å². The minimum atomic E-state index is -3.75. The van der Waals surface area contributed by atoms with Gasteiger partial charge in [0, 0.05) is 15.2 Å². The third-order valence-corrected chi connectivity index (χ3v) is 5.43. The Balaban J connectivity index is 2.43. The molecule has 0 fully saturated rings. The fourth-order valence-corrected chi connectivity index (χ4v) is 3.89. The van der Waals surface area contributed by atoms with Gasteiger partial charge in [-0.2, -0.15) is 0 Å². The van der Waals surface area contributed by atoms with Gasteiger partial charge in [0.25, 0.3) is 10.0 Å². The Labute approximate surface area is 137 Å². The van der Waals surface area contributed by atoms with Crippen molar-refractivity contribution in [3.63, 3.8) is 0 Å². The zero-order valence-corrected chi connectivity index (χ0v) is 14.6. The van der Waals surface area contributed by atoms with E-state index in [-0.39, 0.29) is 4.90 Å². The van der Waals surface area contributed by atoms with Gasteiger partial charge in [-0.05, 0) is 65.2 Å². The third kappa shape index (κ3) is 3.51. The van der Waals surface area contributed by atoms with Gasteiger partial charge in [-0.15, -0.1) is 0 Å². The molecule has 0 atom stereocenters. The quantitative estimate of drug-likeness (QED) is 0.776. The maximum atomic E-state index is 12.4.